The van der Waals surface area contributed by atoms with Gasteiger partial charge in [0.05, 0.1) is 5.02 Å². The molecule has 1 heterocycles. The molecule has 0 atom stereocenters. The Morgan fingerprint density at radius 3 is 2.89 bits per heavy atom. The minimum absolute atomic E-state index is 0.0313. The van der Waals surface area contributed by atoms with Gasteiger partial charge in [0.2, 0.25) is 0 Å². The fraction of sp³-hybridized carbons (Fsp3) is 0.0833. The Hall–Kier alpha value is -1.59. The number of hydrogen-bond acceptors (Lipinski definition) is 3. The maximum atomic E-state index is 12.9. The molecule has 0 unspecified atom stereocenters. The fourth-order valence-corrected chi connectivity index (χ4v) is 2.41. The van der Waals surface area contributed by atoms with E-state index in [1.807, 2.05) is 0 Å². The van der Waals surface area contributed by atoms with Crippen molar-refractivity contribution in [1.82, 2.24) is 0 Å². The molecule has 6 heteroatoms. The summed E-state index contributed by atoms with van der Waals surface area (Å²) in [7, 11) is 0. The molecule has 0 saturated heterocycles. The molecule has 0 radical (unpaired) electrons. The molecule has 1 aromatic heterocycles. The minimum Gasteiger partial charge on any atom is -0.477 e. The highest BCUT2D eigenvalue weighted by Gasteiger charge is 2.11. The van der Waals surface area contributed by atoms with Crippen molar-refractivity contribution in [1.29, 1.82) is 0 Å². The zero-order valence-electron chi connectivity index (χ0n) is 9.11. The maximum absolute atomic E-state index is 12.9. The van der Waals surface area contributed by atoms with Crippen molar-refractivity contribution in [2.24, 2.45) is 0 Å². The third-order valence-corrected chi connectivity index (χ3v) is 3.58. The molecule has 0 amide bonds. The van der Waals surface area contributed by atoms with Crippen molar-refractivity contribution in [2.45, 2.75) is 6.54 Å². The number of hydrogen-bond donors (Lipinski definition) is 2. The Morgan fingerprint density at radius 1 is 1.44 bits per heavy atom. The van der Waals surface area contributed by atoms with Crippen LogP contribution in [0.5, 0.6) is 0 Å². The lowest BCUT2D eigenvalue weighted by Gasteiger charge is -2.06. The molecule has 0 saturated carbocycles. The van der Waals surface area contributed by atoms with E-state index < -0.39 is 11.8 Å². The molecule has 1 aromatic carbocycles. The van der Waals surface area contributed by atoms with Crippen LogP contribution < -0.4 is 5.32 Å². The number of halogens is 2. The topological polar surface area (TPSA) is 49.3 Å². The molecule has 18 heavy (non-hydrogen) atoms. The molecular formula is C12H9ClFNO2S. The summed E-state index contributed by atoms with van der Waals surface area (Å²) >= 11 is 6.82. The number of carbonyl (C=O) groups is 1. The van der Waals surface area contributed by atoms with Crippen LogP contribution in [0.2, 0.25) is 5.02 Å². The first-order chi connectivity index (χ1) is 8.58. The first kappa shape index (κ1) is 12.9. The van der Waals surface area contributed by atoms with Gasteiger partial charge in [0.25, 0.3) is 0 Å². The van der Waals surface area contributed by atoms with Gasteiger partial charge in [0.1, 0.15) is 10.7 Å². The maximum Gasteiger partial charge on any atom is 0.346 e. The van der Waals surface area contributed by atoms with Gasteiger partial charge in [-0.15, -0.1) is 11.3 Å². The van der Waals surface area contributed by atoms with Crippen molar-refractivity contribution in [2.75, 3.05) is 5.32 Å². The summed E-state index contributed by atoms with van der Waals surface area (Å²) in [6, 6.07) is 6.01. The first-order valence-corrected chi connectivity index (χ1v) is 6.32. The normalized spacial score (nSPS) is 10.3. The molecule has 94 valence electrons. The van der Waals surface area contributed by atoms with Crippen molar-refractivity contribution in [3.8, 4) is 0 Å². The number of benzene rings is 1. The van der Waals surface area contributed by atoms with Gasteiger partial charge in [-0.25, -0.2) is 9.18 Å². The summed E-state index contributed by atoms with van der Waals surface area (Å²) in [4.78, 5) is 11.2. The van der Waals surface area contributed by atoms with Gasteiger partial charge < -0.3 is 10.4 Å². The van der Waals surface area contributed by atoms with Gasteiger partial charge >= 0.3 is 5.97 Å². The summed E-state index contributed by atoms with van der Waals surface area (Å²) in [5.74, 6) is -1.43. The highest BCUT2D eigenvalue weighted by atomic mass is 35.5. The lowest BCUT2D eigenvalue weighted by atomic mass is 10.2. The SMILES string of the molecule is O=C(O)c1sccc1CNc1ccc(F)c(Cl)c1. The molecule has 0 aliphatic carbocycles. The zero-order valence-corrected chi connectivity index (χ0v) is 10.7. The standard InChI is InChI=1S/C12H9ClFNO2S/c13-9-5-8(1-2-10(9)14)15-6-7-3-4-18-11(7)12(16)17/h1-5,15H,6H2,(H,16,17). The molecule has 0 aliphatic rings. The van der Waals surface area contributed by atoms with E-state index in [2.05, 4.69) is 5.32 Å². The number of nitrogens with one attached hydrogen (secondary N) is 1. The molecule has 2 aromatic rings. The van der Waals surface area contributed by atoms with E-state index in [0.29, 0.717) is 22.7 Å². The second-order valence-electron chi connectivity index (χ2n) is 3.56. The van der Waals surface area contributed by atoms with Gasteiger partial charge in [-0.05, 0) is 35.2 Å². The van der Waals surface area contributed by atoms with Gasteiger partial charge in [-0.2, -0.15) is 0 Å². The quantitative estimate of drug-likeness (QED) is 0.897. The number of rotatable bonds is 4. The summed E-state index contributed by atoms with van der Waals surface area (Å²) < 4.78 is 12.9. The predicted molar refractivity (Wildman–Crippen MR) is 70.0 cm³/mol. The number of carboxylic acid groups (broad SMARTS) is 1. The summed E-state index contributed by atoms with van der Waals surface area (Å²) in [5.41, 5.74) is 1.33. The second kappa shape index (κ2) is 5.37. The molecule has 0 aliphatic heterocycles. The number of aromatic carboxylic acids is 1. The highest BCUT2D eigenvalue weighted by Crippen LogP contribution is 2.22. The number of anilines is 1. The van der Waals surface area contributed by atoms with E-state index in [9.17, 15) is 9.18 Å². The van der Waals surface area contributed by atoms with Crippen LogP contribution in [0.1, 0.15) is 15.2 Å². The van der Waals surface area contributed by atoms with E-state index >= 15 is 0 Å². The molecular weight excluding hydrogens is 277 g/mol. The Balaban J connectivity index is 2.09. The Labute approximate surface area is 112 Å². The van der Waals surface area contributed by atoms with Gasteiger partial charge in [0, 0.05) is 12.2 Å². The molecule has 3 nitrogen and oxygen atoms in total. The van der Waals surface area contributed by atoms with Crippen LogP contribution in [0.4, 0.5) is 10.1 Å². The zero-order chi connectivity index (χ0) is 13.1. The predicted octanol–water partition coefficient (Wildman–Crippen LogP) is 3.85. The lowest BCUT2D eigenvalue weighted by Crippen LogP contribution is -2.04. The number of carboxylic acids is 1. The molecule has 0 fully saturated rings. The largest absolute Gasteiger partial charge is 0.477 e. The molecule has 2 rings (SSSR count). The van der Waals surface area contributed by atoms with Crippen LogP contribution in [0.25, 0.3) is 0 Å². The third kappa shape index (κ3) is 2.80. The molecule has 2 N–H and O–H groups in total. The average molecular weight is 286 g/mol. The van der Waals surface area contributed by atoms with Crippen LogP contribution in [0.15, 0.2) is 29.6 Å². The Bertz CT molecular complexity index is 585. The van der Waals surface area contributed by atoms with E-state index in [1.54, 1.807) is 17.5 Å². The smallest absolute Gasteiger partial charge is 0.346 e. The van der Waals surface area contributed by atoms with Crippen molar-refractivity contribution in [3.05, 3.63) is 50.9 Å². The van der Waals surface area contributed by atoms with Gasteiger partial charge in [-0.1, -0.05) is 11.6 Å². The average Bonchev–Trinajstić information content (AvgIpc) is 2.79. The number of thiophene rings is 1. The lowest BCUT2D eigenvalue weighted by molar-refractivity contribution is 0.0701. The summed E-state index contributed by atoms with van der Waals surface area (Å²) in [6.45, 7) is 0.354. The Kier molecular flexibility index (Phi) is 3.84. The Morgan fingerprint density at radius 2 is 2.22 bits per heavy atom. The van der Waals surface area contributed by atoms with Crippen LogP contribution >= 0.6 is 22.9 Å². The third-order valence-electron chi connectivity index (χ3n) is 2.34. The van der Waals surface area contributed by atoms with Crippen molar-refractivity contribution < 1.29 is 14.3 Å². The van der Waals surface area contributed by atoms with Crippen LogP contribution in [0.3, 0.4) is 0 Å². The van der Waals surface area contributed by atoms with Crippen LogP contribution in [-0.2, 0) is 6.54 Å². The highest BCUT2D eigenvalue weighted by molar-refractivity contribution is 7.12. The van der Waals surface area contributed by atoms with E-state index in [-0.39, 0.29) is 5.02 Å². The first-order valence-electron chi connectivity index (χ1n) is 5.06. The van der Waals surface area contributed by atoms with Crippen molar-refractivity contribution >= 4 is 34.6 Å². The van der Waals surface area contributed by atoms with Gasteiger partial charge in [0.15, 0.2) is 0 Å². The van der Waals surface area contributed by atoms with Gasteiger partial charge in [-0.3, -0.25) is 0 Å². The second-order valence-corrected chi connectivity index (χ2v) is 4.89. The summed E-state index contributed by atoms with van der Waals surface area (Å²) in [6.07, 6.45) is 0. The van der Waals surface area contributed by atoms with E-state index in [0.717, 1.165) is 0 Å². The van der Waals surface area contributed by atoms with E-state index in [4.69, 9.17) is 16.7 Å². The molecule has 0 bridgehead atoms. The van der Waals surface area contributed by atoms with Crippen molar-refractivity contribution in [3.63, 3.8) is 0 Å². The van der Waals surface area contributed by atoms with Crippen LogP contribution in [0, 0.1) is 5.82 Å². The summed E-state index contributed by atoms with van der Waals surface area (Å²) in [5, 5.41) is 13.7. The monoisotopic (exact) mass is 285 g/mol. The minimum atomic E-state index is -0.945. The van der Waals surface area contributed by atoms with Crippen LogP contribution in [-0.4, -0.2) is 11.1 Å². The fourth-order valence-electron chi connectivity index (χ4n) is 1.47. The molecule has 0 spiro atoms. The van der Waals surface area contributed by atoms with E-state index in [1.165, 1.54) is 23.5 Å².